The highest BCUT2D eigenvalue weighted by atomic mass is 79.9. The van der Waals surface area contributed by atoms with Gasteiger partial charge in [0.2, 0.25) is 5.91 Å². The van der Waals surface area contributed by atoms with Gasteiger partial charge in [-0.2, -0.15) is 0 Å². The third-order valence-corrected chi connectivity index (χ3v) is 4.01. The van der Waals surface area contributed by atoms with Crippen molar-refractivity contribution in [3.63, 3.8) is 0 Å². The second-order valence-corrected chi connectivity index (χ2v) is 5.94. The number of hydrogen-bond acceptors (Lipinski definition) is 3. The maximum Gasteiger partial charge on any atom is 0.239 e. The molecule has 1 amide bonds. The van der Waals surface area contributed by atoms with Crippen LogP contribution in [-0.4, -0.2) is 32.1 Å². The first-order valence-electron chi connectivity index (χ1n) is 7.21. The van der Waals surface area contributed by atoms with E-state index in [0.29, 0.717) is 6.54 Å². The minimum Gasteiger partial charge on any atom is -0.361 e. The van der Waals surface area contributed by atoms with Gasteiger partial charge in [0.05, 0.1) is 12.2 Å². The molecule has 1 saturated heterocycles. The Morgan fingerprint density at radius 3 is 3.05 bits per heavy atom. The summed E-state index contributed by atoms with van der Waals surface area (Å²) in [5, 5.41) is 6.30. The quantitative estimate of drug-likeness (QED) is 0.809. The Bertz CT molecular complexity index is 464. The van der Waals surface area contributed by atoms with Crippen molar-refractivity contribution in [2.45, 2.75) is 26.3 Å². The lowest BCUT2D eigenvalue weighted by Gasteiger charge is -2.23. The predicted molar refractivity (Wildman–Crippen MR) is 86.0 cm³/mol. The molecule has 1 fully saturated rings. The standard InChI is InChI=1S/C15H22BrN3O/c1-2-6-17-10-12-4-5-14(13(16)9-12)19-8-3-7-18-15(20)11-19/h4-5,9,17H,2-3,6-8,10-11H2,1H3,(H,18,20). The van der Waals surface area contributed by atoms with Crippen LogP contribution in [0, 0.1) is 0 Å². The molecule has 1 aliphatic rings. The fourth-order valence-corrected chi connectivity index (χ4v) is 3.01. The van der Waals surface area contributed by atoms with Gasteiger partial charge in [-0.1, -0.05) is 13.0 Å². The molecule has 1 heterocycles. The average Bonchev–Trinajstić information content (AvgIpc) is 2.64. The fourth-order valence-electron chi connectivity index (χ4n) is 2.34. The Morgan fingerprint density at radius 1 is 1.45 bits per heavy atom. The first-order valence-corrected chi connectivity index (χ1v) is 8.01. The number of nitrogens with zero attached hydrogens (tertiary/aromatic N) is 1. The van der Waals surface area contributed by atoms with Crippen molar-refractivity contribution < 1.29 is 4.79 Å². The topological polar surface area (TPSA) is 44.4 Å². The van der Waals surface area contributed by atoms with E-state index < -0.39 is 0 Å². The number of benzene rings is 1. The molecule has 0 aromatic heterocycles. The number of amides is 1. The molecule has 1 aromatic carbocycles. The van der Waals surface area contributed by atoms with Crippen LogP contribution in [0.25, 0.3) is 0 Å². The van der Waals surface area contributed by atoms with E-state index in [2.05, 4.69) is 56.6 Å². The van der Waals surface area contributed by atoms with Gasteiger partial charge in [-0.25, -0.2) is 0 Å². The molecule has 4 nitrogen and oxygen atoms in total. The highest BCUT2D eigenvalue weighted by Crippen LogP contribution is 2.28. The summed E-state index contributed by atoms with van der Waals surface area (Å²) in [4.78, 5) is 13.8. The third kappa shape index (κ3) is 4.21. The van der Waals surface area contributed by atoms with E-state index in [0.717, 1.165) is 49.2 Å². The summed E-state index contributed by atoms with van der Waals surface area (Å²) in [5.74, 6) is 0.100. The summed E-state index contributed by atoms with van der Waals surface area (Å²) in [6.45, 7) is 6.19. The van der Waals surface area contributed by atoms with E-state index in [1.807, 2.05) is 0 Å². The maximum atomic E-state index is 11.6. The molecule has 2 rings (SSSR count). The lowest BCUT2D eigenvalue weighted by atomic mass is 10.2. The second-order valence-electron chi connectivity index (χ2n) is 5.09. The normalized spacial score (nSPS) is 15.9. The number of hydrogen-bond donors (Lipinski definition) is 2. The number of nitrogens with one attached hydrogen (secondary N) is 2. The van der Waals surface area contributed by atoms with Gasteiger partial charge >= 0.3 is 0 Å². The van der Waals surface area contributed by atoms with Crippen LogP contribution in [0.5, 0.6) is 0 Å². The van der Waals surface area contributed by atoms with Gasteiger partial charge in [0.1, 0.15) is 0 Å². The fraction of sp³-hybridized carbons (Fsp3) is 0.533. The number of halogens is 1. The molecule has 1 aromatic rings. The van der Waals surface area contributed by atoms with Gasteiger partial charge in [0, 0.05) is 24.1 Å². The summed E-state index contributed by atoms with van der Waals surface area (Å²) in [6, 6.07) is 6.37. The lowest BCUT2D eigenvalue weighted by molar-refractivity contribution is -0.119. The third-order valence-electron chi connectivity index (χ3n) is 3.37. The molecule has 0 bridgehead atoms. The first-order chi connectivity index (χ1) is 9.70. The van der Waals surface area contributed by atoms with Crippen molar-refractivity contribution in [2.24, 2.45) is 0 Å². The SMILES string of the molecule is CCCNCc1ccc(N2CCCNC(=O)C2)c(Br)c1. The molecule has 0 saturated carbocycles. The largest absolute Gasteiger partial charge is 0.361 e. The molecule has 0 unspecified atom stereocenters. The van der Waals surface area contributed by atoms with Crippen LogP contribution in [0.2, 0.25) is 0 Å². The van der Waals surface area contributed by atoms with Crippen molar-refractivity contribution in [3.8, 4) is 0 Å². The summed E-state index contributed by atoms with van der Waals surface area (Å²) in [5.41, 5.74) is 2.36. The van der Waals surface area contributed by atoms with Gasteiger partial charge in [-0.05, 0) is 53.0 Å². The second kappa shape index (κ2) is 7.64. The van der Waals surface area contributed by atoms with E-state index in [1.165, 1.54) is 5.56 Å². The summed E-state index contributed by atoms with van der Waals surface area (Å²) < 4.78 is 1.06. The predicted octanol–water partition coefficient (Wildman–Crippen LogP) is 2.28. The Hall–Kier alpha value is -1.07. The van der Waals surface area contributed by atoms with E-state index in [1.54, 1.807) is 0 Å². The molecule has 110 valence electrons. The smallest absolute Gasteiger partial charge is 0.239 e. The lowest BCUT2D eigenvalue weighted by Crippen LogP contribution is -2.33. The Kier molecular flexibility index (Phi) is 5.86. The first kappa shape index (κ1) is 15.3. The summed E-state index contributed by atoms with van der Waals surface area (Å²) >= 11 is 3.64. The van der Waals surface area contributed by atoms with E-state index in [9.17, 15) is 4.79 Å². The molecule has 2 N–H and O–H groups in total. The van der Waals surface area contributed by atoms with Crippen LogP contribution in [0.4, 0.5) is 5.69 Å². The van der Waals surface area contributed by atoms with Crippen LogP contribution in [-0.2, 0) is 11.3 Å². The van der Waals surface area contributed by atoms with Crippen molar-refractivity contribution in [3.05, 3.63) is 28.2 Å². The van der Waals surface area contributed by atoms with Crippen LogP contribution >= 0.6 is 15.9 Å². The molecule has 0 spiro atoms. The molecule has 5 heteroatoms. The van der Waals surface area contributed by atoms with Gasteiger partial charge in [-0.3, -0.25) is 4.79 Å². The van der Waals surface area contributed by atoms with E-state index in [4.69, 9.17) is 0 Å². The molecule has 0 atom stereocenters. The zero-order chi connectivity index (χ0) is 14.4. The van der Waals surface area contributed by atoms with Gasteiger partial charge < -0.3 is 15.5 Å². The number of carbonyl (C=O) groups excluding carboxylic acids is 1. The van der Waals surface area contributed by atoms with Crippen LogP contribution in [0.1, 0.15) is 25.3 Å². The molecular weight excluding hydrogens is 318 g/mol. The number of rotatable bonds is 5. The average molecular weight is 340 g/mol. The maximum absolute atomic E-state index is 11.6. The zero-order valence-corrected chi connectivity index (χ0v) is 13.5. The van der Waals surface area contributed by atoms with Gasteiger partial charge in [0.15, 0.2) is 0 Å². The highest BCUT2D eigenvalue weighted by molar-refractivity contribution is 9.10. The van der Waals surface area contributed by atoms with Crippen LogP contribution in [0.15, 0.2) is 22.7 Å². The summed E-state index contributed by atoms with van der Waals surface area (Å²) in [6.07, 6.45) is 2.13. The van der Waals surface area contributed by atoms with Crippen LogP contribution < -0.4 is 15.5 Å². The molecule has 0 radical (unpaired) electrons. The van der Waals surface area contributed by atoms with Crippen LogP contribution in [0.3, 0.4) is 0 Å². The van der Waals surface area contributed by atoms with Crippen molar-refractivity contribution in [1.29, 1.82) is 0 Å². The highest BCUT2D eigenvalue weighted by Gasteiger charge is 2.17. The van der Waals surface area contributed by atoms with E-state index in [-0.39, 0.29) is 5.91 Å². The zero-order valence-electron chi connectivity index (χ0n) is 11.9. The number of carbonyl (C=O) groups is 1. The summed E-state index contributed by atoms with van der Waals surface area (Å²) in [7, 11) is 0. The Morgan fingerprint density at radius 2 is 2.30 bits per heavy atom. The molecule has 0 aliphatic carbocycles. The minimum absolute atomic E-state index is 0.100. The molecule has 1 aliphatic heterocycles. The van der Waals surface area contributed by atoms with Gasteiger partial charge in [-0.15, -0.1) is 0 Å². The van der Waals surface area contributed by atoms with E-state index >= 15 is 0 Å². The minimum atomic E-state index is 0.100. The van der Waals surface area contributed by atoms with Crippen molar-refractivity contribution >= 4 is 27.5 Å². The molecular formula is C15H22BrN3O. The Balaban J connectivity index is 2.06. The van der Waals surface area contributed by atoms with Crippen molar-refractivity contribution in [2.75, 3.05) is 31.1 Å². The van der Waals surface area contributed by atoms with Crippen molar-refractivity contribution in [1.82, 2.24) is 10.6 Å². The molecule has 20 heavy (non-hydrogen) atoms. The monoisotopic (exact) mass is 339 g/mol. The Labute approximate surface area is 129 Å². The number of anilines is 1. The van der Waals surface area contributed by atoms with Gasteiger partial charge in [0.25, 0.3) is 0 Å².